The SMILES string of the molecule is Fc1cc(Cl)ccc1COc1nccc(C2CCN(Cc3nc4cc(-c5nnc(C(F)(F)F)[nH]5)ncc4n3C[C@@H]3CCO3)CC2)n1. The van der Waals surface area contributed by atoms with Gasteiger partial charge in [-0.05, 0) is 56.6 Å². The van der Waals surface area contributed by atoms with E-state index in [9.17, 15) is 17.6 Å². The van der Waals surface area contributed by atoms with Crippen LogP contribution in [-0.2, 0) is 30.6 Å². The number of nitrogens with one attached hydrogen (secondary N) is 1. The number of piperidine rings is 1. The van der Waals surface area contributed by atoms with Crippen LogP contribution < -0.4 is 4.74 Å². The number of imidazole rings is 1. The van der Waals surface area contributed by atoms with E-state index >= 15 is 0 Å². The van der Waals surface area contributed by atoms with Crippen molar-refractivity contribution in [3.63, 3.8) is 0 Å². The van der Waals surface area contributed by atoms with Gasteiger partial charge in [-0.25, -0.2) is 14.4 Å². The van der Waals surface area contributed by atoms with Crippen molar-refractivity contribution in [2.75, 3.05) is 19.7 Å². The molecule has 2 aliphatic rings. The van der Waals surface area contributed by atoms with Crippen LogP contribution in [0, 0.1) is 5.82 Å². The second-order valence-corrected chi connectivity index (χ2v) is 11.8. The molecule has 7 rings (SSSR count). The third kappa shape index (κ3) is 6.52. The number of aromatic nitrogens is 8. The number of hydrogen-bond acceptors (Lipinski definition) is 9. The number of alkyl halides is 3. The molecule has 1 aromatic carbocycles. The van der Waals surface area contributed by atoms with E-state index in [4.69, 9.17) is 26.1 Å². The fourth-order valence-electron chi connectivity index (χ4n) is 5.68. The first-order valence-corrected chi connectivity index (χ1v) is 15.2. The van der Waals surface area contributed by atoms with Gasteiger partial charge in [0.15, 0.2) is 5.82 Å². The molecule has 240 valence electrons. The standard InChI is InChI=1S/C30H28ClF4N9O2/c31-19-2-1-18(21(32)11-19)16-46-29-36-7-3-22(39-29)17-4-8-43(9-5-17)15-26-38-23-12-24(27-40-28(42-41-27)30(33,34)35)37-13-25(23)44(26)14-20-6-10-45-20/h1-3,7,11-13,17,20H,4-6,8-10,14-16H2,(H,40,41,42)/t20-/m0/s1. The third-order valence-electron chi connectivity index (χ3n) is 8.29. The van der Waals surface area contributed by atoms with Crippen LogP contribution in [0.1, 0.15) is 48.1 Å². The molecule has 46 heavy (non-hydrogen) atoms. The summed E-state index contributed by atoms with van der Waals surface area (Å²) in [6.07, 6.45) is 1.34. The summed E-state index contributed by atoms with van der Waals surface area (Å²) in [6.45, 7) is 3.48. The Balaban J connectivity index is 1.03. The van der Waals surface area contributed by atoms with Gasteiger partial charge in [-0.1, -0.05) is 17.7 Å². The van der Waals surface area contributed by atoms with E-state index in [-0.39, 0.29) is 36.2 Å². The largest absolute Gasteiger partial charge is 0.458 e. The number of H-pyrrole nitrogens is 1. The van der Waals surface area contributed by atoms with Gasteiger partial charge < -0.3 is 19.0 Å². The summed E-state index contributed by atoms with van der Waals surface area (Å²) in [5.74, 6) is -0.684. The van der Waals surface area contributed by atoms with Gasteiger partial charge in [-0.3, -0.25) is 9.88 Å². The van der Waals surface area contributed by atoms with Gasteiger partial charge in [0.1, 0.15) is 23.9 Å². The Morgan fingerprint density at radius 2 is 1.87 bits per heavy atom. The molecule has 0 radical (unpaired) electrons. The van der Waals surface area contributed by atoms with Gasteiger partial charge in [-0.2, -0.15) is 18.2 Å². The molecule has 5 aromatic rings. The Bertz CT molecular complexity index is 1850. The van der Waals surface area contributed by atoms with Gasteiger partial charge in [0.05, 0.1) is 42.1 Å². The molecule has 0 aliphatic carbocycles. The molecule has 0 saturated carbocycles. The van der Waals surface area contributed by atoms with Crippen LogP contribution in [-0.4, -0.2) is 70.4 Å². The highest BCUT2D eigenvalue weighted by Crippen LogP contribution is 2.31. The molecule has 0 spiro atoms. The molecule has 2 saturated heterocycles. The zero-order valence-electron chi connectivity index (χ0n) is 24.3. The van der Waals surface area contributed by atoms with Gasteiger partial charge in [0.2, 0.25) is 5.82 Å². The smallest absolute Gasteiger partial charge is 0.451 e. The van der Waals surface area contributed by atoms with Gasteiger partial charge in [-0.15, -0.1) is 10.2 Å². The number of benzene rings is 1. The van der Waals surface area contributed by atoms with Crippen LogP contribution in [0.15, 0.2) is 42.7 Å². The quantitative estimate of drug-likeness (QED) is 0.203. The van der Waals surface area contributed by atoms with E-state index < -0.39 is 17.8 Å². The second kappa shape index (κ2) is 12.5. The molecule has 11 nitrogen and oxygen atoms in total. The number of likely N-dealkylation sites (tertiary alicyclic amines) is 1. The Morgan fingerprint density at radius 1 is 1.04 bits per heavy atom. The van der Waals surface area contributed by atoms with Gasteiger partial charge in [0, 0.05) is 29.3 Å². The van der Waals surface area contributed by atoms with Crippen molar-refractivity contribution in [2.45, 2.75) is 57.2 Å². The Hall–Kier alpha value is -4.21. The zero-order chi connectivity index (χ0) is 31.8. The predicted molar refractivity (Wildman–Crippen MR) is 157 cm³/mol. The van der Waals surface area contributed by atoms with Crippen molar-refractivity contribution < 1.29 is 27.0 Å². The Morgan fingerprint density at radius 3 is 2.59 bits per heavy atom. The Labute approximate surface area is 265 Å². The number of halogens is 5. The molecule has 1 N–H and O–H groups in total. The molecule has 0 unspecified atom stereocenters. The second-order valence-electron chi connectivity index (χ2n) is 11.3. The van der Waals surface area contributed by atoms with Crippen LogP contribution in [0.4, 0.5) is 17.6 Å². The minimum absolute atomic E-state index is 0.0121. The molecule has 1 atom stereocenters. The van der Waals surface area contributed by atoms with Crippen molar-refractivity contribution >= 4 is 22.6 Å². The molecule has 2 fully saturated rings. The lowest BCUT2D eigenvalue weighted by Crippen LogP contribution is -2.35. The molecule has 2 aliphatic heterocycles. The van der Waals surface area contributed by atoms with E-state index in [0.29, 0.717) is 35.8 Å². The van der Waals surface area contributed by atoms with Crippen LogP contribution in [0.25, 0.3) is 22.6 Å². The molecular weight excluding hydrogens is 630 g/mol. The highest BCUT2D eigenvalue weighted by atomic mass is 35.5. The molecule has 0 bridgehead atoms. The molecule has 16 heteroatoms. The fraction of sp³-hybridized carbons (Fsp3) is 0.400. The van der Waals surface area contributed by atoms with Gasteiger partial charge >= 0.3 is 12.2 Å². The van der Waals surface area contributed by atoms with Crippen LogP contribution >= 0.6 is 11.6 Å². The normalized spacial score (nSPS) is 17.8. The van der Waals surface area contributed by atoms with E-state index in [1.807, 2.05) is 6.07 Å². The maximum Gasteiger partial charge on any atom is 0.451 e. The highest BCUT2D eigenvalue weighted by Gasteiger charge is 2.35. The van der Waals surface area contributed by atoms with Crippen molar-refractivity contribution in [1.29, 1.82) is 0 Å². The van der Waals surface area contributed by atoms with Gasteiger partial charge in [0.25, 0.3) is 0 Å². The summed E-state index contributed by atoms with van der Waals surface area (Å²) < 4.78 is 66.7. The lowest BCUT2D eigenvalue weighted by Gasteiger charge is -2.32. The summed E-state index contributed by atoms with van der Waals surface area (Å²) in [5, 5.41) is 7.16. The summed E-state index contributed by atoms with van der Waals surface area (Å²) in [5.41, 5.74) is 2.83. The lowest BCUT2D eigenvalue weighted by atomic mass is 9.93. The van der Waals surface area contributed by atoms with E-state index in [1.165, 1.54) is 6.07 Å². The summed E-state index contributed by atoms with van der Waals surface area (Å²) in [4.78, 5) is 22.6. The van der Waals surface area contributed by atoms with Crippen LogP contribution in [0.3, 0.4) is 0 Å². The predicted octanol–water partition coefficient (Wildman–Crippen LogP) is 5.57. The topological polar surface area (TPSA) is 120 Å². The highest BCUT2D eigenvalue weighted by molar-refractivity contribution is 6.30. The lowest BCUT2D eigenvalue weighted by molar-refractivity contribution is -0.144. The third-order valence-corrected chi connectivity index (χ3v) is 8.52. The van der Waals surface area contributed by atoms with E-state index in [0.717, 1.165) is 49.4 Å². The monoisotopic (exact) mass is 657 g/mol. The number of ether oxygens (including phenoxy) is 2. The number of pyridine rings is 1. The minimum Gasteiger partial charge on any atom is -0.458 e. The number of rotatable bonds is 9. The first-order chi connectivity index (χ1) is 22.2. The summed E-state index contributed by atoms with van der Waals surface area (Å²) in [6, 6.07) is 8.11. The molecule has 0 amide bonds. The maximum atomic E-state index is 14.1. The zero-order valence-corrected chi connectivity index (χ0v) is 25.1. The first-order valence-electron chi connectivity index (χ1n) is 14.8. The number of hydrogen-bond donors (Lipinski definition) is 1. The average Bonchev–Trinajstić information content (AvgIpc) is 3.64. The van der Waals surface area contributed by atoms with Crippen LogP contribution in [0.2, 0.25) is 5.02 Å². The summed E-state index contributed by atoms with van der Waals surface area (Å²) in [7, 11) is 0. The Kier molecular flexibility index (Phi) is 8.29. The van der Waals surface area contributed by atoms with E-state index in [2.05, 4.69) is 39.6 Å². The fourth-order valence-corrected chi connectivity index (χ4v) is 5.84. The molecular formula is C30H28ClF4N9O2. The molecule has 6 heterocycles. The van der Waals surface area contributed by atoms with Crippen molar-refractivity contribution in [1.82, 2.24) is 44.6 Å². The van der Waals surface area contributed by atoms with Crippen molar-refractivity contribution in [3.05, 3.63) is 76.5 Å². The van der Waals surface area contributed by atoms with Crippen LogP contribution in [0.5, 0.6) is 6.01 Å². The van der Waals surface area contributed by atoms with Crippen molar-refractivity contribution in [2.24, 2.45) is 0 Å². The minimum atomic E-state index is -4.64. The van der Waals surface area contributed by atoms with E-state index in [1.54, 1.807) is 30.6 Å². The number of aromatic amines is 1. The maximum absolute atomic E-state index is 14.1. The summed E-state index contributed by atoms with van der Waals surface area (Å²) >= 11 is 5.83. The number of fused-ring (bicyclic) bond motifs is 1. The average molecular weight is 658 g/mol. The first kappa shape index (κ1) is 30.4. The van der Waals surface area contributed by atoms with Crippen molar-refractivity contribution in [3.8, 4) is 17.5 Å². The molecule has 4 aromatic heterocycles. The number of nitrogens with zero attached hydrogens (tertiary/aromatic N) is 8.